The van der Waals surface area contributed by atoms with Crippen molar-refractivity contribution in [3.63, 3.8) is 0 Å². The molecule has 82 valence electrons. The summed E-state index contributed by atoms with van der Waals surface area (Å²) in [5.41, 5.74) is 2.17. The number of nitrogens with one attached hydrogen (secondary N) is 1. The molecule has 1 heterocycles. The molecule has 0 bridgehead atoms. The third-order valence-electron chi connectivity index (χ3n) is 2.38. The van der Waals surface area contributed by atoms with Crippen molar-refractivity contribution < 1.29 is 4.79 Å². The molecule has 1 N–H and O–H groups in total. The summed E-state index contributed by atoms with van der Waals surface area (Å²) >= 11 is 1.48. The number of thiophene rings is 1. The molecule has 0 amide bonds. The van der Waals surface area contributed by atoms with E-state index in [1.165, 1.54) is 11.3 Å². The number of Topliss-reactive ketones (excluding diaryl/α,β-unsaturated/α-hetero) is 1. The van der Waals surface area contributed by atoms with Crippen LogP contribution in [0.4, 0.5) is 5.69 Å². The fraction of sp³-hybridized carbons (Fsp3) is 0.154. The van der Waals surface area contributed by atoms with E-state index in [1.807, 2.05) is 48.7 Å². The number of carbonyl (C=O) groups is 1. The first-order valence-corrected chi connectivity index (χ1v) is 6.01. The number of para-hydroxylation sites is 1. The lowest BCUT2D eigenvalue weighted by Crippen LogP contribution is -2.13. The van der Waals surface area contributed by atoms with Crippen molar-refractivity contribution >= 4 is 22.8 Å². The topological polar surface area (TPSA) is 29.1 Å². The van der Waals surface area contributed by atoms with Crippen molar-refractivity contribution in [2.24, 2.45) is 0 Å². The normalized spacial score (nSPS) is 10.1. The van der Waals surface area contributed by atoms with Crippen LogP contribution < -0.4 is 5.32 Å². The predicted octanol–water partition coefficient (Wildman–Crippen LogP) is 3.35. The summed E-state index contributed by atoms with van der Waals surface area (Å²) < 4.78 is 0. The summed E-state index contributed by atoms with van der Waals surface area (Å²) in [7, 11) is 0. The minimum absolute atomic E-state index is 0.137. The monoisotopic (exact) mass is 231 g/mol. The zero-order valence-corrected chi connectivity index (χ0v) is 9.88. The molecule has 2 nitrogen and oxygen atoms in total. The largest absolute Gasteiger partial charge is 0.377 e. The molecule has 1 aromatic carbocycles. The lowest BCUT2D eigenvalue weighted by molar-refractivity contribution is 0.101. The van der Waals surface area contributed by atoms with Crippen molar-refractivity contribution in [2.45, 2.75) is 6.92 Å². The van der Waals surface area contributed by atoms with Gasteiger partial charge in [0, 0.05) is 5.69 Å². The molecule has 0 spiro atoms. The first-order chi connectivity index (χ1) is 7.77. The van der Waals surface area contributed by atoms with Gasteiger partial charge >= 0.3 is 0 Å². The molecular weight excluding hydrogens is 218 g/mol. The van der Waals surface area contributed by atoms with Crippen LogP contribution in [0, 0.1) is 6.92 Å². The molecule has 0 aliphatic heterocycles. The quantitative estimate of drug-likeness (QED) is 0.817. The third kappa shape index (κ3) is 2.49. The smallest absolute Gasteiger partial charge is 0.191 e. The van der Waals surface area contributed by atoms with Gasteiger partial charge in [-0.25, -0.2) is 0 Å². The van der Waals surface area contributed by atoms with E-state index in [2.05, 4.69) is 5.32 Å². The van der Waals surface area contributed by atoms with Gasteiger partial charge in [0.1, 0.15) is 0 Å². The van der Waals surface area contributed by atoms with E-state index in [0.29, 0.717) is 6.54 Å². The number of hydrogen-bond acceptors (Lipinski definition) is 3. The van der Waals surface area contributed by atoms with Crippen LogP contribution in [0.25, 0.3) is 0 Å². The molecule has 0 fully saturated rings. The molecule has 0 saturated carbocycles. The Labute approximate surface area is 98.9 Å². The highest BCUT2D eigenvalue weighted by Crippen LogP contribution is 2.14. The molecule has 0 aliphatic rings. The highest BCUT2D eigenvalue weighted by molar-refractivity contribution is 7.12. The van der Waals surface area contributed by atoms with Gasteiger partial charge in [0.25, 0.3) is 0 Å². The fourth-order valence-electron chi connectivity index (χ4n) is 1.47. The standard InChI is InChI=1S/C13H13NOS/c1-10-5-2-3-6-11(10)14-9-12(15)13-7-4-8-16-13/h2-8,14H,9H2,1H3. The Kier molecular flexibility index (Phi) is 3.37. The van der Waals surface area contributed by atoms with Crippen LogP contribution in [-0.4, -0.2) is 12.3 Å². The summed E-state index contributed by atoms with van der Waals surface area (Å²) in [6, 6.07) is 11.7. The van der Waals surface area contributed by atoms with Gasteiger partial charge in [-0.1, -0.05) is 24.3 Å². The van der Waals surface area contributed by atoms with Crippen molar-refractivity contribution in [2.75, 3.05) is 11.9 Å². The van der Waals surface area contributed by atoms with E-state index >= 15 is 0 Å². The van der Waals surface area contributed by atoms with Gasteiger partial charge < -0.3 is 5.32 Å². The Bertz CT molecular complexity index is 476. The number of benzene rings is 1. The summed E-state index contributed by atoms with van der Waals surface area (Å²) in [6.45, 7) is 2.38. The van der Waals surface area contributed by atoms with Gasteiger partial charge in [-0.05, 0) is 30.0 Å². The predicted molar refractivity (Wildman–Crippen MR) is 68.3 cm³/mol. The second-order valence-electron chi connectivity index (χ2n) is 3.57. The lowest BCUT2D eigenvalue weighted by Gasteiger charge is -2.07. The molecule has 0 atom stereocenters. The molecular formula is C13H13NOS. The van der Waals surface area contributed by atoms with E-state index in [1.54, 1.807) is 0 Å². The number of hydrogen-bond donors (Lipinski definition) is 1. The van der Waals surface area contributed by atoms with Crippen LogP contribution in [0.15, 0.2) is 41.8 Å². The molecule has 2 rings (SSSR count). The van der Waals surface area contributed by atoms with Crippen LogP contribution >= 0.6 is 11.3 Å². The van der Waals surface area contributed by atoms with Gasteiger partial charge in [-0.15, -0.1) is 11.3 Å². The van der Waals surface area contributed by atoms with Crippen LogP contribution in [0.5, 0.6) is 0 Å². The van der Waals surface area contributed by atoms with Crippen LogP contribution in [-0.2, 0) is 0 Å². The maximum Gasteiger partial charge on any atom is 0.191 e. The summed E-state index contributed by atoms with van der Waals surface area (Å²) in [6.07, 6.45) is 0. The summed E-state index contributed by atoms with van der Waals surface area (Å²) in [5.74, 6) is 0.137. The molecule has 0 saturated heterocycles. The van der Waals surface area contributed by atoms with Gasteiger partial charge in [-0.2, -0.15) is 0 Å². The summed E-state index contributed by atoms with van der Waals surface area (Å²) in [5, 5.41) is 5.08. The van der Waals surface area contributed by atoms with Crippen molar-refractivity contribution in [3.8, 4) is 0 Å². The van der Waals surface area contributed by atoms with Gasteiger partial charge in [0.15, 0.2) is 5.78 Å². The Balaban J connectivity index is 1.98. The minimum atomic E-state index is 0.137. The average molecular weight is 231 g/mol. The fourth-order valence-corrected chi connectivity index (χ4v) is 2.14. The minimum Gasteiger partial charge on any atom is -0.377 e. The molecule has 0 unspecified atom stereocenters. The Morgan fingerprint density at radius 2 is 2.06 bits per heavy atom. The lowest BCUT2D eigenvalue weighted by atomic mass is 10.2. The third-order valence-corrected chi connectivity index (χ3v) is 3.29. The van der Waals surface area contributed by atoms with Crippen molar-refractivity contribution in [1.29, 1.82) is 0 Å². The van der Waals surface area contributed by atoms with E-state index in [-0.39, 0.29) is 5.78 Å². The molecule has 2 aromatic rings. The van der Waals surface area contributed by atoms with Crippen LogP contribution in [0.2, 0.25) is 0 Å². The zero-order valence-electron chi connectivity index (χ0n) is 9.07. The Hall–Kier alpha value is -1.61. The second kappa shape index (κ2) is 4.94. The van der Waals surface area contributed by atoms with E-state index < -0.39 is 0 Å². The van der Waals surface area contributed by atoms with Crippen molar-refractivity contribution in [3.05, 3.63) is 52.2 Å². The van der Waals surface area contributed by atoms with Crippen LogP contribution in [0.1, 0.15) is 15.2 Å². The number of aryl methyl sites for hydroxylation is 1. The summed E-state index contributed by atoms with van der Waals surface area (Å²) in [4.78, 5) is 12.5. The first-order valence-electron chi connectivity index (χ1n) is 5.13. The molecule has 0 radical (unpaired) electrons. The first kappa shape index (κ1) is 10.9. The molecule has 3 heteroatoms. The Morgan fingerprint density at radius 1 is 1.25 bits per heavy atom. The van der Waals surface area contributed by atoms with E-state index in [4.69, 9.17) is 0 Å². The second-order valence-corrected chi connectivity index (χ2v) is 4.52. The van der Waals surface area contributed by atoms with E-state index in [0.717, 1.165) is 16.1 Å². The number of carbonyl (C=O) groups excluding carboxylic acids is 1. The van der Waals surface area contributed by atoms with Crippen LogP contribution in [0.3, 0.4) is 0 Å². The average Bonchev–Trinajstić information content (AvgIpc) is 2.81. The highest BCUT2D eigenvalue weighted by atomic mass is 32.1. The Morgan fingerprint density at radius 3 is 2.75 bits per heavy atom. The zero-order chi connectivity index (χ0) is 11.4. The van der Waals surface area contributed by atoms with E-state index in [9.17, 15) is 4.79 Å². The molecule has 1 aromatic heterocycles. The molecule has 0 aliphatic carbocycles. The maximum absolute atomic E-state index is 11.7. The highest BCUT2D eigenvalue weighted by Gasteiger charge is 2.06. The van der Waals surface area contributed by atoms with Gasteiger partial charge in [-0.3, -0.25) is 4.79 Å². The molecule has 16 heavy (non-hydrogen) atoms. The number of rotatable bonds is 4. The SMILES string of the molecule is Cc1ccccc1NCC(=O)c1cccs1. The van der Waals surface area contributed by atoms with Gasteiger partial charge in [0.05, 0.1) is 11.4 Å². The maximum atomic E-state index is 11.7. The van der Waals surface area contributed by atoms with Crippen molar-refractivity contribution in [1.82, 2.24) is 0 Å². The number of anilines is 1. The number of ketones is 1. The van der Waals surface area contributed by atoms with Gasteiger partial charge in [0.2, 0.25) is 0 Å².